The second-order valence-corrected chi connectivity index (χ2v) is 9.64. The second kappa shape index (κ2) is 9.27. The molecular formula is C25H24FN3O5S. The van der Waals surface area contributed by atoms with E-state index >= 15 is 0 Å². The quantitative estimate of drug-likeness (QED) is 0.479. The molecular weight excluding hydrogens is 473 g/mol. The van der Waals surface area contributed by atoms with Gasteiger partial charge >= 0.3 is 0 Å². The fourth-order valence-electron chi connectivity index (χ4n) is 3.63. The summed E-state index contributed by atoms with van der Waals surface area (Å²) in [6.45, 7) is 3.02. The van der Waals surface area contributed by atoms with Crippen molar-refractivity contribution in [1.29, 1.82) is 0 Å². The van der Waals surface area contributed by atoms with E-state index in [1.807, 2.05) is 12.3 Å². The van der Waals surface area contributed by atoms with E-state index in [4.69, 9.17) is 9.47 Å². The number of halogens is 1. The number of hydrogen-bond donors (Lipinski definition) is 2. The Morgan fingerprint density at radius 1 is 1.17 bits per heavy atom. The number of aryl methyl sites for hydroxylation is 1. The summed E-state index contributed by atoms with van der Waals surface area (Å²) in [6, 6.07) is 8.62. The maximum atomic E-state index is 14.8. The first kappa shape index (κ1) is 23.3. The van der Waals surface area contributed by atoms with Crippen molar-refractivity contribution in [3.05, 3.63) is 64.4 Å². The first-order valence-corrected chi connectivity index (χ1v) is 12.2. The maximum absolute atomic E-state index is 14.8. The van der Waals surface area contributed by atoms with Gasteiger partial charge in [0.15, 0.2) is 16.7 Å². The first-order chi connectivity index (χ1) is 16.8. The fourth-order valence-corrected chi connectivity index (χ4v) is 4.31. The molecule has 2 heterocycles. The number of ether oxygens (including phenoxy) is 2. The van der Waals surface area contributed by atoms with Gasteiger partial charge in [-0.25, -0.2) is 9.37 Å². The number of carbonyl (C=O) groups excluding carboxylic acids is 2. The number of likely N-dealkylation sites (tertiary alicyclic amines) is 1. The van der Waals surface area contributed by atoms with Crippen molar-refractivity contribution in [2.24, 2.45) is 0 Å². The third-order valence-electron chi connectivity index (χ3n) is 5.96. The predicted molar refractivity (Wildman–Crippen MR) is 128 cm³/mol. The zero-order chi connectivity index (χ0) is 24.6. The van der Waals surface area contributed by atoms with Crippen LogP contribution in [-0.2, 0) is 0 Å². The van der Waals surface area contributed by atoms with Crippen molar-refractivity contribution in [2.45, 2.75) is 31.8 Å². The number of carbonyl (C=O) groups is 2. The van der Waals surface area contributed by atoms with Crippen LogP contribution in [0.1, 0.15) is 45.7 Å². The predicted octanol–water partition coefficient (Wildman–Crippen LogP) is 4.38. The summed E-state index contributed by atoms with van der Waals surface area (Å²) < 4.78 is 26.5. The normalized spacial score (nSPS) is 15.8. The summed E-state index contributed by atoms with van der Waals surface area (Å²) >= 11 is 1.30. The highest BCUT2D eigenvalue weighted by molar-refractivity contribution is 7.13. The Hall–Kier alpha value is -3.50. The Balaban J connectivity index is 1.40. The standard InChI is InChI=1S/C25H24FN3O5S/c1-15-13-35-24(27-15)28-22(31)17-9-18(12-19(10-17)34-25(14-30)5-6-25)33-21-4-3-16(11-20(21)26)23(32)29-7-2-8-29/h3-4,9-13,30H,2,5-8,14H2,1H3,(H,27,28,31). The van der Waals surface area contributed by atoms with E-state index in [0.29, 0.717) is 36.8 Å². The van der Waals surface area contributed by atoms with Crippen LogP contribution in [0, 0.1) is 12.7 Å². The van der Waals surface area contributed by atoms with Crippen LogP contribution in [0.2, 0.25) is 0 Å². The number of nitrogens with zero attached hydrogens (tertiary/aromatic N) is 2. The van der Waals surface area contributed by atoms with Gasteiger partial charge in [0.1, 0.15) is 17.1 Å². The minimum absolute atomic E-state index is 0.0903. The van der Waals surface area contributed by atoms with E-state index in [0.717, 1.165) is 18.2 Å². The number of thiazole rings is 1. The van der Waals surface area contributed by atoms with Gasteiger partial charge in [0.05, 0.1) is 12.3 Å². The Kier molecular flexibility index (Phi) is 6.16. The van der Waals surface area contributed by atoms with Crippen LogP contribution in [0.25, 0.3) is 0 Å². The van der Waals surface area contributed by atoms with Gasteiger partial charge in [-0.15, -0.1) is 11.3 Å². The highest BCUT2D eigenvalue weighted by atomic mass is 32.1. The molecule has 10 heteroatoms. The molecule has 2 N–H and O–H groups in total. The Morgan fingerprint density at radius 2 is 1.94 bits per heavy atom. The molecule has 5 rings (SSSR count). The van der Waals surface area contributed by atoms with E-state index in [1.54, 1.807) is 17.0 Å². The van der Waals surface area contributed by atoms with Crippen LogP contribution < -0.4 is 14.8 Å². The van der Waals surface area contributed by atoms with Gasteiger partial charge in [0, 0.05) is 35.7 Å². The van der Waals surface area contributed by atoms with Crippen LogP contribution in [-0.4, -0.2) is 52.1 Å². The molecule has 0 radical (unpaired) electrons. The number of rotatable bonds is 8. The zero-order valence-electron chi connectivity index (χ0n) is 19.0. The van der Waals surface area contributed by atoms with Gasteiger partial charge < -0.3 is 19.5 Å². The number of aromatic nitrogens is 1. The van der Waals surface area contributed by atoms with Crippen molar-refractivity contribution < 1.29 is 28.6 Å². The molecule has 1 aromatic heterocycles. The molecule has 2 amide bonds. The van der Waals surface area contributed by atoms with Gasteiger partial charge in [-0.1, -0.05) is 0 Å². The summed E-state index contributed by atoms with van der Waals surface area (Å²) in [5, 5.41) is 14.6. The highest BCUT2D eigenvalue weighted by Crippen LogP contribution is 2.41. The maximum Gasteiger partial charge on any atom is 0.257 e. The molecule has 1 saturated carbocycles. The average Bonchev–Trinajstić information content (AvgIpc) is 3.45. The summed E-state index contributed by atoms with van der Waals surface area (Å²) in [5.74, 6) is -0.933. The summed E-state index contributed by atoms with van der Waals surface area (Å²) in [7, 11) is 0. The van der Waals surface area contributed by atoms with Gasteiger partial charge in [-0.2, -0.15) is 0 Å². The van der Waals surface area contributed by atoms with Crippen LogP contribution in [0.5, 0.6) is 17.2 Å². The number of nitrogens with one attached hydrogen (secondary N) is 1. The third kappa shape index (κ3) is 5.13. The average molecular weight is 498 g/mol. The zero-order valence-corrected chi connectivity index (χ0v) is 19.9. The number of amides is 2. The fraction of sp³-hybridized carbons (Fsp3) is 0.320. The minimum Gasteiger partial charge on any atom is -0.485 e. The molecule has 0 unspecified atom stereocenters. The number of benzene rings is 2. The number of hydrogen-bond acceptors (Lipinski definition) is 7. The summed E-state index contributed by atoms with van der Waals surface area (Å²) in [5.41, 5.74) is 0.591. The third-order valence-corrected chi connectivity index (χ3v) is 6.84. The lowest BCUT2D eigenvalue weighted by Gasteiger charge is -2.30. The van der Waals surface area contributed by atoms with Gasteiger partial charge in [-0.05, 0) is 56.5 Å². The van der Waals surface area contributed by atoms with Crippen LogP contribution in [0.15, 0.2) is 41.8 Å². The molecule has 35 heavy (non-hydrogen) atoms. The van der Waals surface area contributed by atoms with E-state index in [9.17, 15) is 19.1 Å². The highest BCUT2D eigenvalue weighted by Gasteiger charge is 2.45. The lowest BCUT2D eigenvalue weighted by atomic mass is 10.1. The second-order valence-electron chi connectivity index (χ2n) is 8.78. The van der Waals surface area contributed by atoms with Crippen molar-refractivity contribution >= 4 is 28.3 Å². The number of aliphatic hydroxyl groups is 1. The molecule has 0 bridgehead atoms. The number of anilines is 1. The molecule has 1 aliphatic carbocycles. The summed E-state index contributed by atoms with van der Waals surface area (Å²) in [6.07, 6.45) is 2.33. The SMILES string of the molecule is Cc1csc(NC(=O)c2cc(Oc3ccc(C(=O)N4CCC4)cc3F)cc(OC3(CO)CC3)c2)n1. The molecule has 8 nitrogen and oxygen atoms in total. The lowest BCUT2D eigenvalue weighted by molar-refractivity contribution is 0.0651. The van der Waals surface area contributed by atoms with Crippen molar-refractivity contribution in [3.63, 3.8) is 0 Å². The minimum atomic E-state index is -0.694. The van der Waals surface area contributed by atoms with E-state index in [1.165, 1.54) is 29.5 Å². The topological polar surface area (TPSA) is 101 Å². The van der Waals surface area contributed by atoms with Crippen LogP contribution in [0.4, 0.5) is 9.52 Å². The molecule has 2 aliphatic rings. The molecule has 0 spiro atoms. The number of aliphatic hydroxyl groups excluding tert-OH is 1. The molecule has 1 aliphatic heterocycles. The Morgan fingerprint density at radius 3 is 2.54 bits per heavy atom. The van der Waals surface area contributed by atoms with Gasteiger partial charge in [0.25, 0.3) is 11.8 Å². The lowest BCUT2D eigenvalue weighted by Crippen LogP contribution is -2.42. The largest absolute Gasteiger partial charge is 0.485 e. The van der Waals surface area contributed by atoms with E-state index in [-0.39, 0.29) is 35.1 Å². The molecule has 182 valence electrons. The smallest absolute Gasteiger partial charge is 0.257 e. The molecule has 1 saturated heterocycles. The van der Waals surface area contributed by atoms with Crippen molar-refractivity contribution in [2.75, 3.05) is 25.0 Å². The van der Waals surface area contributed by atoms with Gasteiger partial charge in [0.2, 0.25) is 0 Å². The van der Waals surface area contributed by atoms with Crippen molar-refractivity contribution in [3.8, 4) is 17.2 Å². The van der Waals surface area contributed by atoms with Crippen LogP contribution >= 0.6 is 11.3 Å². The Bertz CT molecular complexity index is 1290. The molecule has 2 aromatic carbocycles. The monoisotopic (exact) mass is 497 g/mol. The molecule has 2 fully saturated rings. The van der Waals surface area contributed by atoms with Crippen molar-refractivity contribution in [1.82, 2.24) is 9.88 Å². The van der Waals surface area contributed by atoms with Gasteiger partial charge in [-0.3, -0.25) is 14.9 Å². The molecule has 0 atom stereocenters. The van der Waals surface area contributed by atoms with Crippen LogP contribution in [0.3, 0.4) is 0 Å². The Labute approximate surface area is 205 Å². The van der Waals surface area contributed by atoms with E-state index < -0.39 is 17.3 Å². The van der Waals surface area contributed by atoms with E-state index in [2.05, 4.69) is 10.3 Å². The summed E-state index contributed by atoms with van der Waals surface area (Å²) in [4.78, 5) is 31.1. The first-order valence-electron chi connectivity index (χ1n) is 11.3. The molecule has 3 aromatic rings.